The van der Waals surface area contributed by atoms with Crippen molar-refractivity contribution in [2.45, 2.75) is 22.7 Å². The number of thiazole rings is 1. The van der Waals surface area contributed by atoms with Gasteiger partial charge in [0.2, 0.25) is 17.7 Å². The van der Waals surface area contributed by atoms with Crippen LogP contribution < -0.4 is 19.8 Å². The summed E-state index contributed by atoms with van der Waals surface area (Å²) >= 11 is 14.0. The van der Waals surface area contributed by atoms with Crippen molar-refractivity contribution in [3.63, 3.8) is 0 Å². The summed E-state index contributed by atoms with van der Waals surface area (Å²) in [6.07, 6.45) is 0. The number of methoxy groups -OCH3 is 1. The van der Waals surface area contributed by atoms with Crippen molar-refractivity contribution in [1.82, 2.24) is 4.57 Å². The van der Waals surface area contributed by atoms with E-state index in [1.807, 2.05) is 0 Å². The molecule has 8 nitrogen and oxygen atoms in total. The monoisotopic (exact) mass is 643 g/mol. The van der Waals surface area contributed by atoms with Crippen LogP contribution in [0.3, 0.4) is 0 Å². The number of hydrogen-bond acceptors (Lipinski definition) is 7. The first-order valence-electron chi connectivity index (χ1n) is 12.6. The van der Waals surface area contributed by atoms with E-state index in [1.54, 1.807) is 48.5 Å². The zero-order valence-corrected chi connectivity index (χ0v) is 24.8. The number of ether oxygens (including phenoxy) is 1. The van der Waals surface area contributed by atoms with Gasteiger partial charge in [-0.15, -0.1) is 0 Å². The van der Waals surface area contributed by atoms with Gasteiger partial charge in [-0.2, -0.15) is 0 Å². The van der Waals surface area contributed by atoms with Crippen LogP contribution in [-0.2, 0) is 20.9 Å². The molecule has 1 fully saturated rings. The Morgan fingerprint density at radius 3 is 2.36 bits per heavy atom. The standard InChI is InChI=1S/C29H20Cl2FN3O5S2/c1-40-18-9-7-17(8-10-18)35-26(37)23-22(14-2-4-15(32)5-3-14)25-28(41-24(23)27(35)38)34(29(39)42-25)13-21(36)33-16-6-11-19(30)20(31)12-16/h2-12,22-24H,13H2,1H3,(H,33,36)/t22-,23?,24?/m1/s1. The summed E-state index contributed by atoms with van der Waals surface area (Å²) in [5, 5.41) is 2.84. The van der Waals surface area contributed by atoms with Crippen LogP contribution in [0.5, 0.6) is 5.75 Å². The predicted molar refractivity (Wildman–Crippen MR) is 161 cm³/mol. The van der Waals surface area contributed by atoms with Crippen LogP contribution in [0, 0.1) is 11.7 Å². The van der Waals surface area contributed by atoms with Crippen LogP contribution in [0.15, 0.2) is 76.6 Å². The largest absolute Gasteiger partial charge is 0.497 e. The molecular formula is C29H20Cl2FN3O5S2. The van der Waals surface area contributed by atoms with Gasteiger partial charge in [-0.3, -0.25) is 23.7 Å². The first-order chi connectivity index (χ1) is 20.2. The van der Waals surface area contributed by atoms with Crippen molar-refractivity contribution >= 4 is 75.4 Å². The average Bonchev–Trinajstić information content (AvgIpc) is 3.41. The molecule has 1 N–H and O–H groups in total. The maximum Gasteiger partial charge on any atom is 0.308 e. The fourth-order valence-corrected chi connectivity index (χ4v) is 8.26. The van der Waals surface area contributed by atoms with Crippen LogP contribution in [0.25, 0.3) is 0 Å². The van der Waals surface area contributed by atoms with Crippen molar-refractivity contribution in [1.29, 1.82) is 0 Å². The van der Waals surface area contributed by atoms with Crippen molar-refractivity contribution in [2.24, 2.45) is 5.92 Å². The molecule has 2 unspecified atom stereocenters. The normalized spacial score (nSPS) is 19.4. The maximum absolute atomic E-state index is 13.9. The Bertz CT molecular complexity index is 1790. The zero-order chi connectivity index (χ0) is 29.7. The number of anilines is 2. The smallest absolute Gasteiger partial charge is 0.308 e. The van der Waals surface area contributed by atoms with Crippen molar-refractivity contribution in [3.05, 3.63) is 103 Å². The Hall–Kier alpha value is -3.64. The number of carbonyl (C=O) groups is 3. The number of imide groups is 1. The Labute approximate surface area is 257 Å². The van der Waals surface area contributed by atoms with Gasteiger partial charge >= 0.3 is 4.87 Å². The van der Waals surface area contributed by atoms with E-state index in [9.17, 15) is 23.6 Å². The van der Waals surface area contributed by atoms with E-state index in [1.165, 1.54) is 29.9 Å². The molecule has 214 valence electrons. The minimum atomic E-state index is -0.875. The first-order valence-corrected chi connectivity index (χ1v) is 15.0. The van der Waals surface area contributed by atoms with Gasteiger partial charge < -0.3 is 10.1 Å². The lowest BCUT2D eigenvalue weighted by Crippen LogP contribution is -2.33. The molecule has 2 aliphatic rings. The van der Waals surface area contributed by atoms with E-state index in [2.05, 4.69) is 5.32 Å². The highest BCUT2D eigenvalue weighted by molar-refractivity contribution is 8.00. The average molecular weight is 645 g/mol. The number of rotatable bonds is 6. The number of amides is 3. The lowest BCUT2D eigenvalue weighted by molar-refractivity contribution is -0.122. The fourth-order valence-electron chi connectivity index (χ4n) is 5.19. The Morgan fingerprint density at radius 2 is 1.69 bits per heavy atom. The second kappa shape index (κ2) is 11.2. The number of benzene rings is 3. The second-order valence-corrected chi connectivity index (χ2v) is 12.5. The molecule has 2 aliphatic heterocycles. The van der Waals surface area contributed by atoms with Crippen LogP contribution in [0.2, 0.25) is 10.0 Å². The van der Waals surface area contributed by atoms with Gasteiger partial charge in [0.05, 0.1) is 33.8 Å². The summed E-state index contributed by atoms with van der Waals surface area (Å²) in [6.45, 7) is -0.338. The molecule has 0 aliphatic carbocycles. The number of fused-ring (bicyclic) bond motifs is 2. The highest BCUT2D eigenvalue weighted by Crippen LogP contribution is 2.54. The molecule has 13 heteroatoms. The summed E-state index contributed by atoms with van der Waals surface area (Å²) < 4.78 is 20.4. The number of nitrogens with zero attached hydrogens (tertiary/aromatic N) is 2. The number of nitrogens with one attached hydrogen (secondary N) is 1. The highest BCUT2D eigenvalue weighted by atomic mass is 35.5. The van der Waals surface area contributed by atoms with E-state index in [4.69, 9.17) is 27.9 Å². The van der Waals surface area contributed by atoms with E-state index in [-0.39, 0.29) is 11.6 Å². The molecule has 0 spiro atoms. The van der Waals surface area contributed by atoms with E-state index < -0.39 is 45.5 Å². The van der Waals surface area contributed by atoms with Crippen LogP contribution in [0.4, 0.5) is 15.8 Å². The van der Waals surface area contributed by atoms with E-state index in [0.29, 0.717) is 37.6 Å². The molecule has 0 bridgehead atoms. The topological polar surface area (TPSA) is 97.7 Å². The molecule has 3 aromatic carbocycles. The Kier molecular flexibility index (Phi) is 7.61. The van der Waals surface area contributed by atoms with Gasteiger partial charge in [0, 0.05) is 16.5 Å². The van der Waals surface area contributed by atoms with Crippen LogP contribution >= 0.6 is 46.3 Å². The summed E-state index contributed by atoms with van der Waals surface area (Å²) in [6, 6.07) is 16.8. The van der Waals surface area contributed by atoms with Gasteiger partial charge in [0.1, 0.15) is 23.4 Å². The van der Waals surface area contributed by atoms with Gasteiger partial charge in [-0.05, 0) is 60.2 Å². The van der Waals surface area contributed by atoms with Gasteiger partial charge in [0.15, 0.2) is 0 Å². The molecule has 3 heterocycles. The van der Waals surface area contributed by atoms with Gasteiger partial charge in [0.25, 0.3) is 0 Å². The molecule has 6 rings (SSSR count). The quantitative estimate of drug-likeness (QED) is 0.267. The number of hydrogen-bond donors (Lipinski definition) is 1. The summed E-state index contributed by atoms with van der Waals surface area (Å²) in [5.74, 6) is -2.80. The van der Waals surface area contributed by atoms with E-state index >= 15 is 0 Å². The fraction of sp³-hybridized carbons (Fsp3) is 0.172. The van der Waals surface area contributed by atoms with Crippen LogP contribution in [0.1, 0.15) is 16.4 Å². The number of aromatic nitrogens is 1. The molecule has 3 amide bonds. The minimum Gasteiger partial charge on any atom is -0.497 e. The molecule has 0 radical (unpaired) electrons. The maximum atomic E-state index is 13.9. The van der Waals surface area contributed by atoms with E-state index in [0.717, 1.165) is 28.0 Å². The second-order valence-electron chi connectivity index (χ2n) is 9.60. The number of carbonyl (C=O) groups excluding carboxylic acids is 3. The highest BCUT2D eigenvalue weighted by Gasteiger charge is 2.56. The number of thioether (sulfide) groups is 1. The van der Waals surface area contributed by atoms with Gasteiger partial charge in [-0.1, -0.05) is 58.4 Å². The number of halogens is 3. The zero-order valence-electron chi connectivity index (χ0n) is 21.7. The van der Waals surface area contributed by atoms with Gasteiger partial charge in [-0.25, -0.2) is 9.29 Å². The summed E-state index contributed by atoms with van der Waals surface area (Å²) in [7, 11) is 1.52. The molecule has 1 saturated heterocycles. The third kappa shape index (κ3) is 5.00. The Morgan fingerprint density at radius 1 is 0.976 bits per heavy atom. The first kappa shape index (κ1) is 28.5. The molecular weight excluding hydrogens is 624 g/mol. The third-order valence-electron chi connectivity index (χ3n) is 7.11. The SMILES string of the molecule is COc1ccc(N2C(=O)C3Sc4c(sc(=O)n4CC(=O)Nc4ccc(Cl)c(Cl)c4)[C@H](c4ccc(F)cc4)C3C2=O)cc1. The minimum absolute atomic E-state index is 0.258. The van der Waals surface area contributed by atoms with Crippen molar-refractivity contribution < 1.29 is 23.5 Å². The lowest BCUT2D eigenvalue weighted by atomic mass is 9.83. The molecule has 3 atom stereocenters. The lowest BCUT2D eigenvalue weighted by Gasteiger charge is -2.30. The van der Waals surface area contributed by atoms with Crippen molar-refractivity contribution in [2.75, 3.05) is 17.3 Å². The summed E-state index contributed by atoms with van der Waals surface area (Å²) in [5.41, 5.74) is 1.37. The molecule has 42 heavy (non-hydrogen) atoms. The molecule has 0 saturated carbocycles. The van der Waals surface area contributed by atoms with Crippen molar-refractivity contribution in [3.8, 4) is 5.75 Å². The molecule has 4 aromatic rings. The third-order valence-corrected chi connectivity index (χ3v) is 10.5. The molecule has 1 aromatic heterocycles. The predicted octanol–water partition coefficient (Wildman–Crippen LogP) is 5.80. The van der Waals surface area contributed by atoms with Crippen LogP contribution in [-0.4, -0.2) is 34.6 Å². The summed E-state index contributed by atoms with van der Waals surface area (Å²) in [4.78, 5) is 55.2. The Balaban J connectivity index is 1.39.